The highest BCUT2D eigenvalue weighted by molar-refractivity contribution is 6.53. The number of hydrogen-bond donors (Lipinski definition) is 1. The number of aryl methyl sites for hydroxylation is 1. The number of halogens is 1. The summed E-state index contributed by atoms with van der Waals surface area (Å²) in [6, 6.07) is 19.6. The monoisotopic (exact) mass is 558 g/mol. The number of nitrogens with one attached hydrogen (secondary N) is 1. The van der Waals surface area contributed by atoms with Crippen molar-refractivity contribution in [1.82, 2.24) is 0 Å². The number of carbonyl (C=O) groups excluding carboxylic acids is 3. The second-order valence-corrected chi connectivity index (χ2v) is 12.3. The molecule has 0 saturated heterocycles. The molecule has 0 aromatic heterocycles. The van der Waals surface area contributed by atoms with E-state index in [9.17, 15) is 14.4 Å². The molecule has 208 valence electrons. The maximum absolute atomic E-state index is 13.1. The zero-order valence-corrected chi connectivity index (χ0v) is 24.8. The van der Waals surface area contributed by atoms with Crippen molar-refractivity contribution in [3.63, 3.8) is 0 Å². The Morgan fingerprint density at radius 2 is 1.48 bits per heavy atom. The first-order valence-electron chi connectivity index (χ1n) is 13.3. The second kappa shape index (κ2) is 10.9. The number of esters is 1. The molecule has 4 rings (SSSR count). The number of imide groups is 1. The fraction of sp³-hybridized carbons (Fsp3) is 0.303. The average Bonchev–Trinajstić information content (AvgIpc) is 3.11. The van der Waals surface area contributed by atoms with Gasteiger partial charge in [-0.2, -0.15) is 0 Å². The average molecular weight is 559 g/mol. The van der Waals surface area contributed by atoms with Crippen molar-refractivity contribution in [3.05, 3.63) is 99.7 Å². The van der Waals surface area contributed by atoms with Crippen molar-refractivity contribution in [2.24, 2.45) is 0 Å². The van der Waals surface area contributed by atoms with Crippen LogP contribution in [0.2, 0.25) is 0 Å². The molecule has 3 aromatic rings. The lowest BCUT2D eigenvalue weighted by Crippen LogP contribution is -2.32. The van der Waals surface area contributed by atoms with Crippen molar-refractivity contribution >= 4 is 40.8 Å². The van der Waals surface area contributed by atoms with Gasteiger partial charge in [0.1, 0.15) is 16.5 Å². The van der Waals surface area contributed by atoms with Gasteiger partial charge in [0.15, 0.2) is 0 Å². The standard InChI is InChI=1S/C33H35ClN2O4/c1-8-20-9-16-24(17-10-20)36-29(37)27(34)28(30(36)38)35-23-14-11-21(12-15-23)31(39)40-26-18-13-22(32(2,3)4)19-25(26)33(5,6)7/h9-19,35H,8H2,1-7H3. The minimum absolute atomic E-state index is 0.0182. The lowest BCUT2D eigenvalue weighted by Gasteiger charge is -2.26. The van der Waals surface area contributed by atoms with E-state index in [1.54, 1.807) is 36.4 Å². The second-order valence-electron chi connectivity index (χ2n) is 12.0. The number of ether oxygens (including phenoxy) is 1. The lowest BCUT2D eigenvalue weighted by atomic mass is 9.80. The van der Waals surface area contributed by atoms with Gasteiger partial charge < -0.3 is 10.1 Å². The molecule has 3 aromatic carbocycles. The minimum atomic E-state index is -0.592. The number of carbonyl (C=O) groups is 3. The van der Waals surface area contributed by atoms with E-state index in [4.69, 9.17) is 16.3 Å². The SMILES string of the molecule is CCc1ccc(N2C(=O)C(Cl)=C(Nc3ccc(C(=O)Oc4ccc(C(C)(C)C)cc4C(C)(C)C)cc3)C2=O)cc1. The number of rotatable bonds is 6. The molecule has 7 heteroatoms. The number of nitrogens with zero attached hydrogens (tertiary/aromatic N) is 1. The Hall–Kier alpha value is -3.90. The quantitative estimate of drug-likeness (QED) is 0.192. The summed E-state index contributed by atoms with van der Waals surface area (Å²) in [6.45, 7) is 14.7. The Morgan fingerprint density at radius 1 is 0.850 bits per heavy atom. The Labute approximate surface area is 241 Å². The number of amides is 2. The van der Waals surface area contributed by atoms with Gasteiger partial charge in [-0.3, -0.25) is 9.59 Å². The normalized spacial score (nSPS) is 14.2. The largest absolute Gasteiger partial charge is 0.423 e. The Kier molecular flexibility index (Phi) is 7.95. The van der Waals surface area contributed by atoms with Crippen LogP contribution in [-0.4, -0.2) is 17.8 Å². The summed E-state index contributed by atoms with van der Waals surface area (Å²) in [5.41, 5.74) is 4.22. The Morgan fingerprint density at radius 3 is 2.02 bits per heavy atom. The van der Waals surface area contributed by atoms with E-state index in [0.717, 1.165) is 28.0 Å². The van der Waals surface area contributed by atoms with E-state index >= 15 is 0 Å². The highest BCUT2D eigenvalue weighted by atomic mass is 35.5. The van der Waals surface area contributed by atoms with E-state index in [2.05, 4.69) is 52.9 Å². The van der Waals surface area contributed by atoms with Gasteiger partial charge in [0.2, 0.25) is 0 Å². The molecule has 1 heterocycles. The van der Waals surface area contributed by atoms with Gasteiger partial charge in [0.25, 0.3) is 11.8 Å². The van der Waals surface area contributed by atoms with Crippen LogP contribution in [0.3, 0.4) is 0 Å². The number of anilines is 2. The van der Waals surface area contributed by atoms with Crippen LogP contribution in [-0.2, 0) is 26.8 Å². The molecule has 1 aliphatic rings. The minimum Gasteiger partial charge on any atom is -0.423 e. The third-order valence-electron chi connectivity index (χ3n) is 6.88. The van der Waals surface area contributed by atoms with Gasteiger partial charge in [-0.05, 0) is 70.8 Å². The van der Waals surface area contributed by atoms with Gasteiger partial charge in [-0.1, -0.05) is 84.3 Å². The van der Waals surface area contributed by atoms with Crippen LogP contribution in [0.5, 0.6) is 5.75 Å². The van der Waals surface area contributed by atoms with Crippen LogP contribution in [0, 0.1) is 0 Å². The molecule has 0 saturated carbocycles. The van der Waals surface area contributed by atoms with Crippen molar-refractivity contribution in [2.75, 3.05) is 10.2 Å². The predicted molar refractivity (Wildman–Crippen MR) is 160 cm³/mol. The van der Waals surface area contributed by atoms with E-state index in [1.807, 2.05) is 31.2 Å². The van der Waals surface area contributed by atoms with Gasteiger partial charge in [-0.25, -0.2) is 9.69 Å². The molecule has 0 radical (unpaired) electrons. The fourth-order valence-corrected chi connectivity index (χ4v) is 4.60. The summed E-state index contributed by atoms with van der Waals surface area (Å²) in [6.07, 6.45) is 0.846. The third-order valence-corrected chi connectivity index (χ3v) is 7.23. The molecule has 0 aliphatic carbocycles. The molecule has 2 amide bonds. The Bertz CT molecular complexity index is 1490. The maximum Gasteiger partial charge on any atom is 0.343 e. The van der Waals surface area contributed by atoms with Crippen LogP contribution in [0.1, 0.15) is 75.5 Å². The molecule has 0 atom stereocenters. The molecular weight excluding hydrogens is 524 g/mol. The van der Waals surface area contributed by atoms with Crippen molar-refractivity contribution in [3.8, 4) is 5.75 Å². The topological polar surface area (TPSA) is 75.7 Å². The van der Waals surface area contributed by atoms with Crippen LogP contribution in [0.4, 0.5) is 11.4 Å². The van der Waals surface area contributed by atoms with E-state index in [0.29, 0.717) is 22.7 Å². The van der Waals surface area contributed by atoms with Crippen LogP contribution < -0.4 is 15.0 Å². The number of benzene rings is 3. The molecule has 0 bridgehead atoms. The van der Waals surface area contributed by atoms with E-state index in [1.165, 1.54) is 0 Å². The first kappa shape index (κ1) is 29.1. The fourth-order valence-electron chi connectivity index (χ4n) is 4.39. The highest BCUT2D eigenvalue weighted by Crippen LogP contribution is 2.36. The molecule has 0 spiro atoms. The first-order valence-corrected chi connectivity index (χ1v) is 13.7. The number of hydrogen-bond acceptors (Lipinski definition) is 5. The van der Waals surface area contributed by atoms with Gasteiger partial charge in [0.05, 0.1) is 11.3 Å². The summed E-state index contributed by atoms with van der Waals surface area (Å²) in [5, 5.41) is 2.75. The van der Waals surface area contributed by atoms with Crippen molar-refractivity contribution in [1.29, 1.82) is 0 Å². The van der Waals surface area contributed by atoms with Gasteiger partial charge >= 0.3 is 5.97 Å². The van der Waals surface area contributed by atoms with Gasteiger partial charge in [-0.15, -0.1) is 0 Å². The smallest absolute Gasteiger partial charge is 0.343 e. The Balaban J connectivity index is 1.50. The molecule has 40 heavy (non-hydrogen) atoms. The molecule has 6 nitrogen and oxygen atoms in total. The van der Waals surface area contributed by atoms with Crippen molar-refractivity contribution < 1.29 is 19.1 Å². The van der Waals surface area contributed by atoms with Crippen LogP contribution in [0.25, 0.3) is 0 Å². The predicted octanol–water partition coefficient (Wildman–Crippen LogP) is 7.50. The summed E-state index contributed by atoms with van der Waals surface area (Å²) in [5.74, 6) is -1.11. The molecule has 1 aliphatic heterocycles. The first-order chi connectivity index (χ1) is 18.7. The van der Waals surface area contributed by atoms with E-state index in [-0.39, 0.29) is 21.6 Å². The van der Waals surface area contributed by atoms with E-state index < -0.39 is 17.8 Å². The molecule has 1 N–H and O–H groups in total. The molecular formula is C33H35ClN2O4. The summed E-state index contributed by atoms with van der Waals surface area (Å²) in [4.78, 5) is 40.0. The molecule has 0 unspecified atom stereocenters. The summed E-state index contributed by atoms with van der Waals surface area (Å²) >= 11 is 6.27. The zero-order chi connectivity index (χ0) is 29.4. The van der Waals surface area contributed by atoms with Gasteiger partial charge in [0, 0.05) is 11.3 Å². The zero-order valence-electron chi connectivity index (χ0n) is 24.0. The van der Waals surface area contributed by atoms with Crippen molar-refractivity contribution in [2.45, 2.75) is 65.7 Å². The van der Waals surface area contributed by atoms with Crippen LogP contribution >= 0.6 is 11.6 Å². The summed E-state index contributed by atoms with van der Waals surface area (Å²) in [7, 11) is 0. The molecule has 0 fully saturated rings. The summed E-state index contributed by atoms with van der Waals surface area (Å²) < 4.78 is 5.83. The maximum atomic E-state index is 13.1. The third kappa shape index (κ3) is 5.97. The van der Waals surface area contributed by atoms with Crippen LogP contribution in [0.15, 0.2) is 77.5 Å². The highest BCUT2D eigenvalue weighted by Gasteiger charge is 2.39. The lowest BCUT2D eigenvalue weighted by molar-refractivity contribution is -0.120.